The van der Waals surface area contributed by atoms with Crippen molar-refractivity contribution in [2.75, 3.05) is 40.3 Å². The molecule has 0 radical (unpaired) electrons. The van der Waals surface area contributed by atoms with Gasteiger partial charge in [0.15, 0.2) is 0 Å². The fourth-order valence-corrected chi connectivity index (χ4v) is 4.08. The van der Waals surface area contributed by atoms with Crippen LogP contribution >= 0.6 is 0 Å². The van der Waals surface area contributed by atoms with Crippen molar-refractivity contribution in [3.8, 4) is 0 Å². The summed E-state index contributed by atoms with van der Waals surface area (Å²) in [7, 11) is 3.73. The lowest BCUT2D eigenvalue weighted by atomic mass is 9.90. The molecule has 1 saturated heterocycles. The van der Waals surface area contributed by atoms with Gasteiger partial charge < -0.3 is 15.0 Å². The number of likely N-dealkylation sites (N-methyl/N-ethyl adjacent to an activating group) is 1. The molecule has 1 rings (SSSR count). The first-order chi connectivity index (χ1) is 11.9. The van der Waals surface area contributed by atoms with E-state index >= 15 is 0 Å². The molecule has 0 bridgehead atoms. The number of methoxy groups -OCH3 is 1. The van der Waals surface area contributed by atoms with Crippen LogP contribution in [0.5, 0.6) is 0 Å². The van der Waals surface area contributed by atoms with Crippen molar-refractivity contribution in [3.63, 3.8) is 0 Å². The molecule has 25 heavy (non-hydrogen) atoms. The van der Waals surface area contributed by atoms with Gasteiger partial charge in [0.1, 0.15) is 0 Å². The molecular weight excluding hydrogens is 314 g/mol. The van der Waals surface area contributed by atoms with Crippen molar-refractivity contribution < 1.29 is 9.53 Å². The Bertz CT molecular complexity index is 379. The minimum atomic E-state index is 0.0978. The second-order valence-corrected chi connectivity index (χ2v) is 7.86. The molecular formula is C20H41N3O2. The number of rotatable bonds is 10. The van der Waals surface area contributed by atoms with Crippen LogP contribution in [0.3, 0.4) is 0 Å². The lowest BCUT2D eigenvalue weighted by molar-refractivity contribution is -0.138. The molecule has 0 aromatic carbocycles. The quantitative estimate of drug-likeness (QED) is 0.654. The van der Waals surface area contributed by atoms with Gasteiger partial charge in [-0.2, -0.15) is 0 Å². The number of piperazine rings is 1. The molecule has 5 heteroatoms. The highest BCUT2D eigenvalue weighted by Crippen LogP contribution is 2.24. The van der Waals surface area contributed by atoms with Crippen molar-refractivity contribution in [2.24, 2.45) is 11.8 Å². The molecule has 1 fully saturated rings. The summed E-state index contributed by atoms with van der Waals surface area (Å²) in [5.41, 5.74) is 0. The van der Waals surface area contributed by atoms with Crippen molar-refractivity contribution in [1.82, 2.24) is 15.1 Å². The second kappa shape index (κ2) is 11.1. The van der Waals surface area contributed by atoms with Crippen LogP contribution in [0.4, 0.5) is 0 Å². The Morgan fingerprint density at radius 1 is 1.16 bits per heavy atom. The van der Waals surface area contributed by atoms with E-state index in [1.807, 2.05) is 11.9 Å². The number of nitrogens with zero attached hydrogens (tertiary/aromatic N) is 2. The topological polar surface area (TPSA) is 44.8 Å². The minimum Gasteiger partial charge on any atom is -0.379 e. The fraction of sp³-hybridized carbons (Fsp3) is 0.950. The smallest absolute Gasteiger partial charge is 0.224 e. The molecule has 0 aromatic rings. The maximum Gasteiger partial charge on any atom is 0.224 e. The highest BCUT2D eigenvalue weighted by atomic mass is 16.5. The molecule has 1 aliphatic rings. The molecule has 1 aliphatic heterocycles. The Morgan fingerprint density at radius 2 is 1.76 bits per heavy atom. The summed E-state index contributed by atoms with van der Waals surface area (Å²) in [5.74, 6) is 1.15. The van der Waals surface area contributed by atoms with Crippen LogP contribution in [0.15, 0.2) is 0 Å². The summed E-state index contributed by atoms with van der Waals surface area (Å²) in [6, 6.07) is 0.459. The van der Waals surface area contributed by atoms with Crippen molar-refractivity contribution >= 4 is 5.91 Å². The van der Waals surface area contributed by atoms with Gasteiger partial charge in [0.05, 0.1) is 12.1 Å². The van der Waals surface area contributed by atoms with Gasteiger partial charge in [-0.1, -0.05) is 41.0 Å². The molecule has 0 aliphatic carbocycles. The Kier molecular flexibility index (Phi) is 9.98. The number of carbonyl (C=O) groups excluding carboxylic acids is 1. The number of nitrogens with one attached hydrogen (secondary N) is 1. The van der Waals surface area contributed by atoms with Crippen molar-refractivity contribution in [1.29, 1.82) is 0 Å². The predicted octanol–water partition coefficient (Wildman–Crippen LogP) is 2.60. The third-order valence-electron chi connectivity index (χ3n) is 5.93. The highest BCUT2D eigenvalue weighted by molar-refractivity contribution is 5.77. The Hall–Kier alpha value is -0.650. The van der Waals surface area contributed by atoms with Crippen LogP contribution in [0, 0.1) is 11.8 Å². The molecule has 4 unspecified atom stereocenters. The second-order valence-electron chi connectivity index (χ2n) is 7.86. The maximum atomic E-state index is 13.1. The van der Waals surface area contributed by atoms with E-state index < -0.39 is 0 Å². The lowest BCUT2D eigenvalue weighted by Gasteiger charge is -2.41. The molecule has 0 spiro atoms. The van der Waals surface area contributed by atoms with Gasteiger partial charge in [-0.15, -0.1) is 0 Å². The predicted molar refractivity (Wildman–Crippen MR) is 105 cm³/mol. The SMILES string of the molecule is CCC(C)C(C(CC)OC)N(C)C(=O)CC(C(C)C)N1CCNCC1. The zero-order valence-electron chi connectivity index (χ0n) is 17.5. The Balaban J connectivity index is 2.85. The third-order valence-corrected chi connectivity index (χ3v) is 5.93. The summed E-state index contributed by atoms with van der Waals surface area (Å²) in [6.45, 7) is 15.1. The molecule has 0 saturated carbocycles. The van der Waals surface area contributed by atoms with E-state index in [1.54, 1.807) is 7.11 Å². The van der Waals surface area contributed by atoms with E-state index in [-0.39, 0.29) is 18.1 Å². The average molecular weight is 356 g/mol. The van der Waals surface area contributed by atoms with Crippen LogP contribution in [-0.4, -0.2) is 74.2 Å². The lowest BCUT2D eigenvalue weighted by Crippen LogP contribution is -2.53. The van der Waals surface area contributed by atoms with E-state index in [0.29, 0.717) is 24.3 Å². The normalized spacial score (nSPS) is 21.0. The molecule has 4 atom stereocenters. The number of hydrogen-bond donors (Lipinski definition) is 1. The number of carbonyl (C=O) groups is 1. The first-order valence-corrected chi connectivity index (χ1v) is 10.1. The molecule has 1 heterocycles. The van der Waals surface area contributed by atoms with Crippen LogP contribution < -0.4 is 5.32 Å². The average Bonchev–Trinajstić information content (AvgIpc) is 2.63. The molecule has 1 N–H and O–H groups in total. The van der Waals surface area contributed by atoms with Crippen molar-refractivity contribution in [2.45, 2.75) is 72.1 Å². The van der Waals surface area contributed by atoms with Gasteiger partial charge in [0, 0.05) is 52.8 Å². The van der Waals surface area contributed by atoms with E-state index in [2.05, 4.69) is 44.8 Å². The zero-order chi connectivity index (χ0) is 19.0. The van der Waals surface area contributed by atoms with Gasteiger partial charge >= 0.3 is 0 Å². The molecule has 1 amide bonds. The van der Waals surface area contributed by atoms with E-state index in [1.165, 1.54) is 0 Å². The van der Waals surface area contributed by atoms with Crippen LogP contribution in [0.2, 0.25) is 0 Å². The number of ether oxygens (including phenoxy) is 1. The number of amides is 1. The van der Waals surface area contributed by atoms with Crippen LogP contribution in [0.25, 0.3) is 0 Å². The van der Waals surface area contributed by atoms with E-state index in [4.69, 9.17) is 4.74 Å². The van der Waals surface area contributed by atoms with Crippen LogP contribution in [-0.2, 0) is 9.53 Å². The summed E-state index contributed by atoms with van der Waals surface area (Å²) in [5, 5.41) is 3.40. The largest absolute Gasteiger partial charge is 0.379 e. The fourth-order valence-electron chi connectivity index (χ4n) is 4.08. The first kappa shape index (κ1) is 22.4. The van der Waals surface area contributed by atoms with Gasteiger partial charge in [0.2, 0.25) is 5.91 Å². The standard InChI is InChI=1S/C20H41N3O2/c1-8-16(5)20(18(9-2)25-7)22(6)19(24)14-17(15(3)4)23-12-10-21-11-13-23/h15-18,20-21H,8-14H2,1-7H3. The van der Waals surface area contributed by atoms with Gasteiger partial charge in [0.25, 0.3) is 0 Å². The van der Waals surface area contributed by atoms with Crippen molar-refractivity contribution in [3.05, 3.63) is 0 Å². The number of hydrogen-bond acceptors (Lipinski definition) is 4. The Labute approximate surface area is 155 Å². The summed E-state index contributed by atoms with van der Waals surface area (Å²) >= 11 is 0. The van der Waals surface area contributed by atoms with Crippen LogP contribution in [0.1, 0.15) is 53.9 Å². The monoisotopic (exact) mass is 355 g/mol. The summed E-state index contributed by atoms with van der Waals surface area (Å²) in [6.07, 6.45) is 2.67. The van der Waals surface area contributed by atoms with Gasteiger partial charge in [-0.25, -0.2) is 0 Å². The van der Waals surface area contributed by atoms with E-state index in [9.17, 15) is 4.79 Å². The highest BCUT2D eigenvalue weighted by Gasteiger charge is 2.34. The van der Waals surface area contributed by atoms with E-state index in [0.717, 1.165) is 39.0 Å². The van der Waals surface area contributed by atoms with Gasteiger partial charge in [-0.3, -0.25) is 9.69 Å². The maximum absolute atomic E-state index is 13.1. The molecule has 148 valence electrons. The minimum absolute atomic E-state index is 0.0978. The Morgan fingerprint density at radius 3 is 2.20 bits per heavy atom. The third kappa shape index (κ3) is 6.22. The first-order valence-electron chi connectivity index (χ1n) is 10.1. The molecule has 0 aromatic heterocycles. The van der Waals surface area contributed by atoms with Gasteiger partial charge in [-0.05, 0) is 18.3 Å². The zero-order valence-corrected chi connectivity index (χ0v) is 17.5. The summed E-state index contributed by atoms with van der Waals surface area (Å²) in [4.78, 5) is 17.6. The summed E-state index contributed by atoms with van der Waals surface area (Å²) < 4.78 is 5.71. The molecule has 5 nitrogen and oxygen atoms in total.